The van der Waals surface area contributed by atoms with E-state index in [0.717, 1.165) is 6.92 Å². The molecule has 2 N–H and O–H groups in total. The van der Waals surface area contributed by atoms with Gasteiger partial charge in [-0.25, -0.2) is 9.45 Å². The van der Waals surface area contributed by atoms with Crippen LogP contribution in [0, 0.1) is 0 Å². The molecule has 1 heterocycles. The Morgan fingerprint density at radius 1 is 1.50 bits per heavy atom. The third-order valence-electron chi connectivity index (χ3n) is 1.32. The van der Waals surface area contributed by atoms with Crippen LogP contribution in [0.4, 0.5) is 0 Å². The van der Waals surface area contributed by atoms with Crippen molar-refractivity contribution in [1.82, 2.24) is 0 Å². The molecular formula is C4H10O8P2. The van der Waals surface area contributed by atoms with Crippen molar-refractivity contribution in [3.8, 4) is 0 Å². The second-order valence-corrected chi connectivity index (χ2v) is 5.89. The predicted octanol–water partition coefficient (Wildman–Crippen LogP) is 0.613. The van der Waals surface area contributed by atoms with Gasteiger partial charge in [-0.15, -0.1) is 4.67 Å². The van der Waals surface area contributed by atoms with Crippen LogP contribution in [0.15, 0.2) is 0 Å². The molecule has 14 heavy (non-hydrogen) atoms. The van der Waals surface area contributed by atoms with E-state index in [-0.39, 0.29) is 13.2 Å². The molecule has 2 atom stereocenters. The zero-order chi connectivity index (χ0) is 10.8. The number of hydrogen-bond donors (Lipinski definition) is 2. The van der Waals surface area contributed by atoms with Crippen LogP contribution in [0.3, 0.4) is 0 Å². The van der Waals surface area contributed by atoms with Gasteiger partial charge in [0, 0.05) is 0 Å². The number of phosphoric acid groups is 1. The second-order valence-electron chi connectivity index (χ2n) is 2.47. The fourth-order valence-corrected chi connectivity index (χ4v) is 2.45. The first kappa shape index (κ1) is 12.3. The van der Waals surface area contributed by atoms with Crippen molar-refractivity contribution in [2.75, 3.05) is 13.2 Å². The van der Waals surface area contributed by atoms with Gasteiger partial charge in [0.25, 0.3) is 0 Å². The lowest BCUT2D eigenvalue weighted by molar-refractivity contribution is -0.254. The monoisotopic (exact) mass is 248 g/mol. The maximum atomic E-state index is 11.4. The Labute approximate surface area is 79.8 Å². The summed E-state index contributed by atoms with van der Waals surface area (Å²) in [5.41, 5.74) is 0. The van der Waals surface area contributed by atoms with E-state index in [9.17, 15) is 9.13 Å². The van der Waals surface area contributed by atoms with Crippen molar-refractivity contribution in [3.63, 3.8) is 0 Å². The van der Waals surface area contributed by atoms with Crippen molar-refractivity contribution < 1.29 is 37.5 Å². The van der Waals surface area contributed by atoms with Crippen LogP contribution >= 0.6 is 15.4 Å². The molecule has 2 unspecified atom stereocenters. The summed E-state index contributed by atoms with van der Waals surface area (Å²) in [5, 5.41) is 0. The molecule has 0 amide bonds. The van der Waals surface area contributed by atoms with Crippen LogP contribution in [0.2, 0.25) is 0 Å². The number of hydrogen-bond acceptors (Lipinski definition) is 6. The molecule has 0 spiro atoms. The summed E-state index contributed by atoms with van der Waals surface area (Å²) in [7, 11) is -8.46. The van der Waals surface area contributed by atoms with Crippen LogP contribution in [-0.2, 0) is 27.7 Å². The van der Waals surface area contributed by atoms with Crippen LogP contribution in [0.1, 0.15) is 6.92 Å². The van der Waals surface area contributed by atoms with Gasteiger partial charge in [0.2, 0.25) is 0 Å². The summed E-state index contributed by atoms with van der Waals surface area (Å²) >= 11 is 0. The zero-order valence-electron chi connectivity index (χ0n) is 7.23. The van der Waals surface area contributed by atoms with Crippen LogP contribution in [0.25, 0.3) is 0 Å². The molecular weight excluding hydrogens is 238 g/mol. The Kier molecular flexibility index (Phi) is 3.85. The summed E-state index contributed by atoms with van der Waals surface area (Å²) in [5.74, 6) is -1.57. The standard InChI is InChI=1S/C4H10O8P2/c1-4(13(5,6)7)11-14(8)10-3-2-9-12-14/h4H,2-3H2,1H3,(H2,5,6,7). The molecule has 1 rings (SSSR count). The lowest BCUT2D eigenvalue weighted by Crippen LogP contribution is -2.16. The maximum Gasteiger partial charge on any atom is 0.503 e. The highest BCUT2D eigenvalue weighted by Gasteiger charge is 2.39. The van der Waals surface area contributed by atoms with Crippen molar-refractivity contribution in [1.29, 1.82) is 0 Å². The quantitative estimate of drug-likeness (QED) is 0.552. The van der Waals surface area contributed by atoms with E-state index in [2.05, 4.69) is 18.6 Å². The van der Waals surface area contributed by atoms with Gasteiger partial charge in [0.1, 0.15) is 6.61 Å². The first-order valence-corrected chi connectivity index (χ1v) is 6.77. The summed E-state index contributed by atoms with van der Waals surface area (Å²) in [6.45, 7) is 1.12. The van der Waals surface area contributed by atoms with Crippen LogP contribution < -0.4 is 0 Å². The van der Waals surface area contributed by atoms with Crippen LogP contribution in [0.5, 0.6) is 0 Å². The largest absolute Gasteiger partial charge is 0.503 e. The summed E-state index contributed by atoms with van der Waals surface area (Å²) in [4.78, 5) is 21.6. The van der Waals surface area contributed by atoms with E-state index in [4.69, 9.17) is 9.79 Å². The molecule has 1 saturated heterocycles. The lowest BCUT2D eigenvalue weighted by Gasteiger charge is -2.23. The highest BCUT2D eigenvalue weighted by molar-refractivity contribution is 7.54. The molecule has 1 aliphatic rings. The molecule has 10 heteroatoms. The van der Waals surface area contributed by atoms with Gasteiger partial charge < -0.3 is 9.79 Å². The second kappa shape index (κ2) is 4.38. The van der Waals surface area contributed by atoms with Gasteiger partial charge in [-0.05, 0) is 6.92 Å². The molecule has 1 fully saturated rings. The molecule has 0 aromatic carbocycles. The van der Waals surface area contributed by atoms with Gasteiger partial charge in [-0.2, -0.15) is 0 Å². The van der Waals surface area contributed by atoms with Gasteiger partial charge in [-0.3, -0.25) is 13.6 Å². The SMILES string of the molecule is CC(OP1(=O)OCCOO1)P(=O)(O)O. The number of phosphoric ester groups is 1. The van der Waals surface area contributed by atoms with E-state index >= 15 is 0 Å². The van der Waals surface area contributed by atoms with Gasteiger partial charge in [0.05, 0.1) is 6.61 Å². The minimum Gasteiger partial charge on any atom is -0.323 e. The molecule has 0 aromatic rings. The Bertz CT molecular complexity index is 273. The topological polar surface area (TPSA) is 112 Å². The zero-order valence-corrected chi connectivity index (χ0v) is 9.02. The molecule has 0 aliphatic carbocycles. The third kappa shape index (κ3) is 3.42. The minimum absolute atomic E-state index is 0.0227. The van der Waals surface area contributed by atoms with Gasteiger partial charge in [-0.1, -0.05) is 0 Å². The first-order chi connectivity index (χ1) is 6.33. The molecule has 8 nitrogen and oxygen atoms in total. The summed E-state index contributed by atoms with van der Waals surface area (Å²) in [6.07, 6.45) is 0. The van der Waals surface area contributed by atoms with Gasteiger partial charge >= 0.3 is 15.4 Å². The Balaban J connectivity index is 2.58. The van der Waals surface area contributed by atoms with E-state index in [1.165, 1.54) is 0 Å². The van der Waals surface area contributed by atoms with E-state index in [1.807, 2.05) is 0 Å². The minimum atomic E-state index is -4.48. The molecule has 1 aliphatic heterocycles. The average molecular weight is 248 g/mol. The predicted molar refractivity (Wildman–Crippen MR) is 43.2 cm³/mol. The lowest BCUT2D eigenvalue weighted by atomic mass is 10.8. The highest BCUT2D eigenvalue weighted by Crippen LogP contribution is 2.57. The fraction of sp³-hybridized carbons (Fsp3) is 1.00. The van der Waals surface area contributed by atoms with Crippen molar-refractivity contribution in [2.45, 2.75) is 12.8 Å². The van der Waals surface area contributed by atoms with Crippen molar-refractivity contribution in [2.24, 2.45) is 0 Å². The van der Waals surface area contributed by atoms with Crippen molar-refractivity contribution in [3.05, 3.63) is 0 Å². The van der Waals surface area contributed by atoms with Crippen molar-refractivity contribution >= 4 is 15.4 Å². The molecule has 0 saturated carbocycles. The summed E-state index contributed by atoms with van der Waals surface area (Å²) in [6, 6.07) is 0. The third-order valence-corrected chi connectivity index (χ3v) is 3.90. The molecule has 84 valence electrons. The first-order valence-electron chi connectivity index (χ1n) is 3.63. The molecule has 0 bridgehead atoms. The fourth-order valence-electron chi connectivity index (χ4n) is 0.603. The smallest absolute Gasteiger partial charge is 0.323 e. The highest BCUT2D eigenvalue weighted by atomic mass is 31.2. The number of rotatable bonds is 3. The maximum absolute atomic E-state index is 11.4. The van der Waals surface area contributed by atoms with Crippen LogP contribution in [-0.4, -0.2) is 28.8 Å². The Morgan fingerprint density at radius 2 is 2.14 bits per heavy atom. The molecule has 0 radical (unpaired) electrons. The summed E-state index contributed by atoms with van der Waals surface area (Å²) < 4.78 is 35.2. The van der Waals surface area contributed by atoms with Gasteiger partial charge in [0.15, 0.2) is 5.85 Å². The van der Waals surface area contributed by atoms with E-state index in [0.29, 0.717) is 0 Å². The average Bonchev–Trinajstić information content (AvgIpc) is 2.02. The molecule has 0 aromatic heterocycles. The van der Waals surface area contributed by atoms with E-state index in [1.54, 1.807) is 0 Å². The Hall–Kier alpha value is 0.220. The van der Waals surface area contributed by atoms with E-state index < -0.39 is 21.3 Å². The normalized spacial score (nSPS) is 31.4. The Morgan fingerprint density at radius 3 is 2.57 bits per heavy atom.